The van der Waals surface area contributed by atoms with Crippen LogP contribution in [0, 0.1) is 5.92 Å². The molecule has 33 heavy (non-hydrogen) atoms. The molecule has 2 aromatic heterocycles. The highest BCUT2D eigenvalue weighted by Gasteiger charge is 2.26. The van der Waals surface area contributed by atoms with Crippen molar-refractivity contribution in [2.45, 2.75) is 29.4 Å². The molecule has 0 radical (unpaired) electrons. The molecule has 9 nitrogen and oxygen atoms in total. The molecular formula is C22H24BrN5O4S. The molecule has 1 saturated heterocycles. The van der Waals surface area contributed by atoms with Crippen molar-refractivity contribution in [3.63, 3.8) is 0 Å². The molecule has 1 amide bonds. The summed E-state index contributed by atoms with van der Waals surface area (Å²) in [6.07, 6.45) is 3.51. The summed E-state index contributed by atoms with van der Waals surface area (Å²) in [5, 5.41) is 9.94. The van der Waals surface area contributed by atoms with Crippen LogP contribution >= 0.6 is 27.7 Å². The van der Waals surface area contributed by atoms with Crippen molar-refractivity contribution >= 4 is 50.5 Å². The number of rotatable bonds is 6. The number of carbonyl (C=O) groups is 1. The molecule has 4 heterocycles. The summed E-state index contributed by atoms with van der Waals surface area (Å²) in [5.41, 5.74) is 7.74. The molecule has 0 spiro atoms. The number of hydrogen-bond acceptors (Lipinski definition) is 8. The van der Waals surface area contributed by atoms with Crippen LogP contribution in [0.4, 0.5) is 5.82 Å². The van der Waals surface area contributed by atoms with Crippen LogP contribution in [0.2, 0.25) is 0 Å². The van der Waals surface area contributed by atoms with Gasteiger partial charge < -0.3 is 29.8 Å². The smallest absolute Gasteiger partial charge is 0.248 e. The second kappa shape index (κ2) is 9.40. The highest BCUT2D eigenvalue weighted by molar-refractivity contribution is 9.10. The Hall–Kier alpha value is -2.50. The van der Waals surface area contributed by atoms with Crippen molar-refractivity contribution in [3.8, 4) is 11.5 Å². The number of imidazole rings is 1. The molecule has 174 valence electrons. The molecule has 2 aliphatic rings. The first-order chi connectivity index (χ1) is 16.0. The van der Waals surface area contributed by atoms with Gasteiger partial charge in [0.1, 0.15) is 25.3 Å². The Labute approximate surface area is 203 Å². The van der Waals surface area contributed by atoms with Gasteiger partial charge in [-0.25, -0.2) is 9.97 Å². The van der Waals surface area contributed by atoms with Crippen molar-refractivity contribution in [1.82, 2.24) is 19.4 Å². The molecule has 5 rings (SSSR count). The summed E-state index contributed by atoms with van der Waals surface area (Å²) >= 11 is 5.18. The summed E-state index contributed by atoms with van der Waals surface area (Å²) in [7, 11) is 0. The van der Waals surface area contributed by atoms with Gasteiger partial charge in [0.25, 0.3) is 0 Å². The minimum Gasteiger partial charge on any atom is -0.486 e. The first-order valence-electron chi connectivity index (χ1n) is 10.8. The number of aliphatic hydroxyl groups excluding tert-OH is 1. The molecule has 0 aliphatic carbocycles. The summed E-state index contributed by atoms with van der Waals surface area (Å²) in [6, 6.07) is 5.81. The highest BCUT2D eigenvalue weighted by atomic mass is 79.9. The number of amides is 1. The Morgan fingerprint density at radius 2 is 2.09 bits per heavy atom. The third-order valence-corrected chi connectivity index (χ3v) is 7.96. The van der Waals surface area contributed by atoms with Gasteiger partial charge in [-0.1, -0.05) is 11.8 Å². The number of aromatic nitrogens is 3. The maximum Gasteiger partial charge on any atom is 0.248 e. The van der Waals surface area contributed by atoms with Crippen molar-refractivity contribution in [2.24, 2.45) is 5.92 Å². The van der Waals surface area contributed by atoms with Crippen LogP contribution in [0.25, 0.3) is 11.0 Å². The van der Waals surface area contributed by atoms with E-state index in [2.05, 4.69) is 25.5 Å². The lowest BCUT2D eigenvalue weighted by molar-refractivity contribution is -0.133. The van der Waals surface area contributed by atoms with Gasteiger partial charge in [0.2, 0.25) is 5.91 Å². The van der Waals surface area contributed by atoms with Gasteiger partial charge in [-0.3, -0.25) is 4.79 Å². The standard InChI is InChI=1S/C22H24BrN5O4S/c23-14-9-16-17(32-8-7-31-16)10-18(14)33-22-26-20-15(1-4-25-21(20)24)28(22)6-3-13-2-5-27(11-13)19(30)12-29/h1,4,9-10,13,29H,2-3,5-8,11-12H2,(H2,24,25). The van der Waals surface area contributed by atoms with E-state index in [-0.39, 0.29) is 5.91 Å². The predicted octanol–water partition coefficient (Wildman–Crippen LogP) is 2.93. The van der Waals surface area contributed by atoms with E-state index in [1.807, 2.05) is 18.2 Å². The van der Waals surface area contributed by atoms with Crippen LogP contribution in [-0.2, 0) is 11.3 Å². The molecule has 1 atom stereocenters. The van der Waals surface area contributed by atoms with E-state index < -0.39 is 6.61 Å². The van der Waals surface area contributed by atoms with Crippen molar-refractivity contribution in [2.75, 3.05) is 38.6 Å². The second-order valence-electron chi connectivity index (χ2n) is 8.08. The zero-order valence-electron chi connectivity index (χ0n) is 17.9. The zero-order valence-corrected chi connectivity index (χ0v) is 20.3. The van der Waals surface area contributed by atoms with Crippen molar-refractivity contribution in [1.29, 1.82) is 0 Å². The number of fused-ring (bicyclic) bond motifs is 2. The average molecular weight is 534 g/mol. The van der Waals surface area contributed by atoms with E-state index in [9.17, 15) is 4.79 Å². The number of halogens is 1. The van der Waals surface area contributed by atoms with Crippen LogP contribution in [0.1, 0.15) is 12.8 Å². The quantitative estimate of drug-likeness (QED) is 0.496. The zero-order chi connectivity index (χ0) is 22.9. The number of aliphatic hydroxyl groups is 1. The van der Waals surface area contributed by atoms with Gasteiger partial charge in [0.05, 0.1) is 5.52 Å². The number of anilines is 1. The Balaban J connectivity index is 1.42. The monoisotopic (exact) mass is 533 g/mol. The molecule has 11 heteroatoms. The summed E-state index contributed by atoms with van der Waals surface area (Å²) in [4.78, 5) is 23.5. The van der Waals surface area contributed by atoms with Gasteiger partial charge in [-0.2, -0.15) is 0 Å². The molecule has 0 bridgehead atoms. The highest BCUT2D eigenvalue weighted by Crippen LogP contribution is 2.42. The van der Waals surface area contributed by atoms with Gasteiger partial charge in [-0.15, -0.1) is 0 Å². The lowest BCUT2D eigenvalue weighted by atomic mass is 10.1. The number of aryl methyl sites for hydroxylation is 1. The molecule has 1 unspecified atom stereocenters. The Bertz CT molecular complexity index is 1200. The van der Waals surface area contributed by atoms with Gasteiger partial charge in [-0.05, 0) is 52.9 Å². The summed E-state index contributed by atoms with van der Waals surface area (Å²) in [5.74, 6) is 2.01. The number of pyridine rings is 1. The Morgan fingerprint density at radius 3 is 2.88 bits per heavy atom. The SMILES string of the molecule is Nc1nccc2c1nc(Sc1cc3c(cc1Br)OCCO3)n2CCC1CCN(C(=O)CO)C1. The minimum atomic E-state index is -0.434. The fourth-order valence-corrected chi connectivity index (χ4v) is 5.79. The number of benzene rings is 1. The molecule has 1 fully saturated rings. The molecule has 3 aromatic rings. The fraction of sp³-hybridized carbons (Fsp3) is 0.409. The van der Waals surface area contributed by atoms with Crippen LogP contribution < -0.4 is 15.2 Å². The molecular weight excluding hydrogens is 510 g/mol. The van der Waals surface area contributed by atoms with Gasteiger partial charge in [0.15, 0.2) is 22.5 Å². The van der Waals surface area contributed by atoms with Crippen LogP contribution in [0.5, 0.6) is 11.5 Å². The average Bonchev–Trinajstić information content (AvgIpc) is 3.43. The number of carbonyl (C=O) groups excluding carboxylic acids is 1. The molecule has 2 aliphatic heterocycles. The third kappa shape index (κ3) is 4.49. The number of hydrogen-bond donors (Lipinski definition) is 2. The normalized spacial score (nSPS) is 17.6. The Kier molecular flexibility index (Phi) is 6.35. The number of nitrogen functional groups attached to an aromatic ring is 1. The summed E-state index contributed by atoms with van der Waals surface area (Å²) < 4.78 is 14.5. The summed E-state index contributed by atoms with van der Waals surface area (Å²) in [6.45, 7) is 2.73. The van der Waals surface area contributed by atoms with Gasteiger partial charge >= 0.3 is 0 Å². The largest absolute Gasteiger partial charge is 0.486 e. The van der Waals surface area contributed by atoms with E-state index in [1.54, 1.807) is 11.1 Å². The lowest BCUT2D eigenvalue weighted by Gasteiger charge is -2.20. The fourth-order valence-electron chi connectivity index (χ4n) is 4.27. The topological polar surface area (TPSA) is 116 Å². The maximum atomic E-state index is 11.8. The number of likely N-dealkylation sites (tertiary alicyclic amines) is 1. The second-order valence-corrected chi connectivity index (χ2v) is 9.94. The number of nitrogens with zero attached hydrogens (tertiary/aromatic N) is 4. The van der Waals surface area contributed by atoms with Crippen LogP contribution in [0.3, 0.4) is 0 Å². The van der Waals surface area contributed by atoms with E-state index >= 15 is 0 Å². The predicted molar refractivity (Wildman–Crippen MR) is 128 cm³/mol. The van der Waals surface area contributed by atoms with Crippen molar-refractivity contribution < 1.29 is 19.4 Å². The first kappa shape index (κ1) is 22.3. The third-order valence-electron chi connectivity index (χ3n) is 5.99. The minimum absolute atomic E-state index is 0.205. The first-order valence-corrected chi connectivity index (χ1v) is 12.4. The molecule has 1 aromatic carbocycles. The Morgan fingerprint density at radius 1 is 1.30 bits per heavy atom. The maximum absolute atomic E-state index is 11.8. The van der Waals surface area contributed by atoms with Crippen LogP contribution in [-0.4, -0.2) is 63.4 Å². The van der Waals surface area contributed by atoms with E-state index in [0.717, 1.165) is 50.9 Å². The molecule has 3 N–H and O–H groups in total. The lowest BCUT2D eigenvalue weighted by Crippen LogP contribution is -2.31. The van der Waals surface area contributed by atoms with E-state index in [1.165, 1.54) is 11.8 Å². The number of nitrogens with two attached hydrogens (primary N) is 1. The van der Waals surface area contributed by atoms with Crippen LogP contribution in [0.15, 0.2) is 38.9 Å². The van der Waals surface area contributed by atoms with E-state index in [0.29, 0.717) is 43.6 Å². The van der Waals surface area contributed by atoms with Crippen molar-refractivity contribution in [3.05, 3.63) is 28.9 Å². The van der Waals surface area contributed by atoms with E-state index in [4.69, 9.17) is 25.3 Å². The molecule has 0 saturated carbocycles. The van der Waals surface area contributed by atoms with Gasteiger partial charge in [0, 0.05) is 35.2 Å². The number of ether oxygens (including phenoxy) is 2.